The van der Waals surface area contributed by atoms with E-state index < -0.39 is 0 Å². The van der Waals surface area contributed by atoms with Crippen molar-refractivity contribution in [2.24, 2.45) is 11.3 Å². The first-order chi connectivity index (χ1) is 4.87. The second-order valence-corrected chi connectivity index (χ2v) is 3.52. The van der Waals surface area contributed by atoms with Crippen molar-refractivity contribution in [2.45, 2.75) is 19.3 Å². The first-order valence-corrected chi connectivity index (χ1v) is 4.06. The number of hydrogen-bond acceptors (Lipinski definition) is 1. The summed E-state index contributed by atoms with van der Waals surface area (Å²) in [7, 11) is 0. The Morgan fingerprint density at radius 2 is 2.36 bits per heavy atom. The Morgan fingerprint density at radius 1 is 1.55 bits per heavy atom. The Hall–Kier alpha value is -0.190. The van der Waals surface area contributed by atoms with Gasteiger partial charge in [-0.15, -0.1) is 18.8 Å². The van der Waals surface area contributed by atoms with Crippen LogP contribution >= 0.6 is 12.4 Å². The first-order valence-electron chi connectivity index (χ1n) is 4.06. The van der Waals surface area contributed by atoms with Crippen LogP contribution in [-0.2, 0) is 0 Å². The van der Waals surface area contributed by atoms with E-state index in [1.54, 1.807) is 0 Å². The Labute approximate surface area is 74.3 Å². The van der Waals surface area contributed by atoms with E-state index in [0.717, 1.165) is 19.0 Å². The summed E-state index contributed by atoms with van der Waals surface area (Å²) < 4.78 is 0. The molecule has 0 aromatic rings. The third-order valence-corrected chi connectivity index (χ3v) is 3.08. The molecule has 1 saturated heterocycles. The van der Waals surface area contributed by atoms with Crippen LogP contribution in [0.2, 0.25) is 0 Å². The zero-order valence-corrected chi connectivity index (χ0v) is 7.41. The van der Waals surface area contributed by atoms with Gasteiger partial charge in [0.05, 0.1) is 0 Å². The fourth-order valence-corrected chi connectivity index (χ4v) is 2.38. The molecule has 11 heavy (non-hydrogen) atoms. The van der Waals surface area contributed by atoms with Gasteiger partial charge in [0, 0.05) is 12.0 Å². The van der Waals surface area contributed by atoms with E-state index in [2.05, 4.69) is 11.2 Å². The molecule has 0 aromatic carbocycles. The van der Waals surface area contributed by atoms with Crippen LogP contribution in [-0.4, -0.2) is 13.1 Å². The monoisotopic (exact) mass is 171 g/mol. The highest BCUT2D eigenvalue weighted by Crippen LogP contribution is 2.44. The van der Waals surface area contributed by atoms with Gasteiger partial charge >= 0.3 is 0 Å². The standard InChI is InChI=1S/C9H13N.ClH/c1-2-9-5-3-4-8(9)6-10-7-9;/h1,8,10H,3-7H2;1H/t8-,9+;/m0./s1. The molecule has 1 aliphatic heterocycles. The lowest BCUT2D eigenvalue weighted by Crippen LogP contribution is -2.22. The van der Waals surface area contributed by atoms with Gasteiger partial charge in [-0.3, -0.25) is 0 Å². The molecular weight excluding hydrogens is 158 g/mol. The van der Waals surface area contributed by atoms with Crippen molar-refractivity contribution in [3.63, 3.8) is 0 Å². The van der Waals surface area contributed by atoms with E-state index >= 15 is 0 Å². The predicted octanol–water partition coefficient (Wildman–Crippen LogP) is 1.43. The maximum atomic E-state index is 5.52. The largest absolute Gasteiger partial charge is 0.315 e. The first kappa shape index (κ1) is 8.90. The molecule has 2 rings (SSSR count). The number of terminal acetylenes is 1. The zero-order chi connectivity index (χ0) is 7.03. The van der Waals surface area contributed by atoms with Crippen molar-refractivity contribution in [1.29, 1.82) is 0 Å². The van der Waals surface area contributed by atoms with Gasteiger partial charge in [0.2, 0.25) is 0 Å². The molecule has 0 spiro atoms. The van der Waals surface area contributed by atoms with Crippen LogP contribution in [0.3, 0.4) is 0 Å². The number of rotatable bonds is 0. The molecule has 0 aromatic heterocycles. The summed E-state index contributed by atoms with van der Waals surface area (Å²) in [5, 5.41) is 3.37. The summed E-state index contributed by atoms with van der Waals surface area (Å²) in [6.07, 6.45) is 9.46. The minimum atomic E-state index is 0. The van der Waals surface area contributed by atoms with E-state index in [9.17, 15) is 0 Å². The lowest BCUT2D eigenvalue weighted by Gasteiger charge is -2.20. The summed E-state index contributed by atoms with van der Waals surface area (Å²) in [4.78, 5) is 0. The van der Waals surface area contributed by atoms with Gasteiger partial charge in [0.15, 0.2) is 0 Å². The summed E-state index contributed by atoms with van der Waals surface area (Å²) in [6.45, 7) is 2.22. The molecule has 62 valence electrons. The summed E-state index contributed by atoms with van der Waals surface area (Å²) in [6, 6.07) is 0. The van der Waals surface area contributed by atoms with Crippen molar-refractivity contribution in [3.05, 3.63) is 0 Å². The normalized spacial score (nSPS) is 40.8. The molecule has 0 unspecified atom stereocenters. The maximum absolute atomic E-state index is 5.52. The summed E-state index contributed by atoms with van der Waals surface area (Å²) in [5.74, 6) is 3.77. The highest BCUT2D eigenvalue weighted by atomic mass is 35.5. The second kappa shape index (κ2) is 3.05. The SMILES string of the molecule is C#C[C@]12CCC[C@H]1CNC2.Cl. The van der Waals surface area contributed by atoms with Crippen molar-refractivity contribution >= 4 is 12.4 Å². The molecule has 1 heterocycles. The molecule has 2 atom stereocenters. The molecule has 2 heteroatoms. The molecular formula is C9H14ClN. The quantitative estimate of drug-likeness (QED) is 0.544. The molecule has 0 amide bonds. The average Bonchev–Trinajstić information content (AvgIpc) is 2.42. The third-order valence-electron chi connectivity index (χ3n) is 3.08. The third kappa shape index (κ3) is 1.15. The number of halogens is 1. The Balaban J connectivity index is 0.000000605. The maximum Gasteiger partial charge on any atom is 0.0476 e. The minimum Gasteiger partial charge on any atom is -0.315 e. The Bertz CT molecular complexity index is 172. The molecule has 1 aliphatic carbocycles. The molecule has 1 nitrogen and oxygen atoms in total. The highest BCUT2D eigenvalue weighted by molar-refractivity contribution is 5.85. The minimum absolute atomic E-state index is 0. The van der Waals surface area contributed by atoms with Crippen LogP contribution in [0.1, 0.15) is 19.3 Å². The molecule has 2 fully saturated rings. The summed E-state index contributed by atoms with van der Waals surface area (Å²) >= 11 is 0. The van der Waals surface area contributed by atoms with E-state index in [1.807, 2.05) is 0 Å². The van der Waals surface area contributed by atoms with Crippen molar-refractivity contribution < 1.29 is 0 Å². The van der Waals surface area contributed by atoms with Crippen molar-refractivity contribution in [2.75, 3.05) is 13.1 Å². The Kier molecular flexibility index (Phi) is 2.47. The zero-order valence-electron chi connectivity index (χ0n) is 6.60. The van der Waals surface area contributed by atoms with E-state index in [4.69, 9.17) is 6.42 Å². The van der Waals surface area contributed by atoms with E-state index in [0.29, 0.717) is 0 Å². The van der Waals surface area contributed by atoms with Crippen LogP contribution in [0, 0.1) is 23.7 Å². The molecule has 0 radical (unpaired) electrons. The van der Waals surface area contributed by atoms with Gasteiger partial charge < -0.3 is 5.32 Å². The van der Waals surface area contributed by atoms with Gasteiger partial charge in [-0.2, -0.15) is 0 Å². The van der Waals surface area contributed by atoms with Gasteiger partial charge in [-0.25, -0.2) is 0 Å². The van der Waals surface area contributed by atoms with Crippen LogP contribution in [0.4, 0.5) is 0 Å². The lowest BCUT2D eigenvalue weighted by molar-refractivity contribution is 0.379. The number of hydrogen-bond donors (Lipinski definition) is 1. The smallest absolute Gasteiger partial charge is 0.0476 e. The molecule has 0 bridgehead atoms. The van der Waals surface area contributed by atoms with Crippen LogP contribution in [0.5, 0.6) is 0 Å². The van der Waals surface area contributed by atoms with E-state index in [1.165, 1.54) is 19.3 Å². The molecule has 1 N–H and O–H groups in total. The fourth-order valence-electron chi connectivity index (χ4n) is 2.38. The van der Waals surface area contributed by atoms with Crippen LogP contribution < -0.4 is 5.32 Å². The van der Waals surface area contributed by atoms with Gasteiger partial charge in [-0.1, -0.05) is 12.3 Å². The topological polar surface area (TPSA) is 12.0 Å². The second-order valence-electron chi connectivity index (χ2n) is 3.52. The number of fused-ring (bicyclic) bond motifs is 1. The Morgan fingerprint density at radius 3 is 3.00 bits per heavy atom. The van der Waals surface area contributed by atoms with Crippen molar-refractivity contribution in [3.8, 4) is 12.3 Å². The summed E-state index contributed by atoms with van der Waals surface area (Å²) in [5.41, 5.74) is 0.264. The average molecular weight is 172 g/mol. The fraction of sp³-hybridized carbons (Fsp3) is 0.778. The highest BCUT2D eigenvalue weighted by Gasteiger charge is 2.44. The molecule has 1 saturated carbocycles. The van der Waals surface area contributed by atoms with Crippen LogP contribution in [0.25, 0.3) is 0 Å². The lowest BCUT2D eigenvalue weighted by atomic mass is 9.82. The van der Waals surface area contributed by atoms with E-state index in [-0.39, 0.29) is 17.8 Å². The van der Waals surface area contributed by atoms with Gasteiger partial charge in [0.1, 0.15) is 0 Å². The van der Waals surface area contributed by atoms with Crippen LogP contribution in [0.15, 0.2) is 0 Å². The van der Waals surface area contributed by atoms with Gasteiger partial charge in [0.25, 0.3) is 0 Å². The molecule has 2 aliphatic rings. The van der Waals surface area contributed by atoms with Crippen molar-refractivity contribution in [1.82, 2.24) is 5.32 Å². The number of nitrogens with one attached hydrogen (secondary N) is 1. The van der Waals surface area contributed by atoms with Gasteiger partial charge in [-0.05, 0) is 25.3 Å². The predicted molar refractivity (Wildman–Crippen MR) is 48.7 cm³/mol.